The van der Waals surface area contributed by atoms with Crippen molar-refractivity contribution in [2.45, 2.75) is 39.2 Å². The number of amides is 1. The molecule has 1 saturated heterocycles. The Morgan fingerprint density at radius 2 is 2.18 bits per heavy atom. The zero-order valence-corrected chi connectivity index (χ0v) is 10.6. The Bertz CT molecular complexity index is 261. The number of hydrogen-bond acceptors (Lipinski definition) is 4. The Hall–Kier alpha value is -1.10. The van der Waals surface area contributed by atoms with E-state index >= 15 is 0 Å². The molecule has 1 fully saturated rings. The zero-order valence-electron chi connectivity index (χ0n) is 10.6. The molecule has 0 saturated carbocycles. The summed E-state index contributed by atoms with van der Waals surface area (Å²) in [6, 6.07) is 0. The van der Waals surface area contributed by atoms with Crippen molar-refractivity contribution < 1.29 is 19.1 Å². The number of rotatable bonds is 6. The number of hydrogen-bond donors (Lipinski definition) is 0. The van der Waals surface area contributed by atoms with Gasteiger partial charge in [-0.15, -0.1) is 0 Å². The van der Waals surface area contributed by atoms with E-state index in [2.05, 4.69) is 0 Å². The van der Waals surface area contributed by atoms with Crippen molar-refractivity contribution in [2.24, 2.45) is 0 Å². The minimum atomic E-state index is -0.308. The highest BCUT2D eigenvalue weighted by Crippen LogP contribution is 2.14. The number of carbonyl (C=O) groups is 2. The van der Waals surface area contributed by atoms with Gasteiger partial charge in [0.2, 0.25) is 0 Å². The summed E-state index contributed by atoms with van der Waals surface area (Å²) in [7, 11) is 0. The second-order valence-corrected chi connectivity index (χ2v) is 3.97. The molecule has 0 aliphatic carbocycles. The minimum Gasteiger partial charge on any atom is -0.466 e. The Balaban J connectivity index is 2.36. The fourth-order valence-electron chi connectivity index (χ4n) is 1.86. The quantitative estimate of drug-likeness (QED) is 0.652. The van der Waals surface area contributed by atoms with Gasteiger partial charge in [-0.1, -0.05) is 0 Å². The van der Waals surface area contributed by atoms with Crippen LogP contribution in [0.1, 0.15) is 33.1 Å². The second kappa shape index (κ2) is 7.27. The maximum atomic E-state index is 12.0. The third-order valence-corrected chi connectivity index (χ3v) is 2.79. The van der Waals surface area contributed by atoms with Crippen LogP contribution in [0.3, 0.4) is 0 Å². The van der Waals surface area contributed by atoms with E-state index in [1.165, 1.54) is 0 Å². The SMILES string of the molecule is CCOC(=O)CCN(CC)C(=O)C1CCCO1. The standard InChI is InChI=1S/C12H21NO4/c1-3-13(8-7-11(14)16-4-2)12(15)10-6-5-9-17-10/h10H,3-9H2,1-2H3. The molecule has 1 aliphatic heterocycles. The van der Waals surface area contributed by atoms with Gasteiger partial charge in [-0.25, -0.2) is 0 Å². The van der Waals surface area contributed by atoms with Gasteiger partial charge in [0.05, 0.1) is 13.0 Å². The van der Waals surface area contributed by atoms with Crippen LogP contribution < -0.4 is 0 Å². The van der Waals surface area contributed by atoms with Gasteiger partial charge >= 0.3 is 5.97 Å². The maximum Gasteiger partial charge on any atom is 0.307 e. The van der Waals surface area contributed by atoms with E-state index in [0.717, 1.165) is 12.8 Å². The van der Waals surface area contributed by atoms with Crippen molar-refractivity contribution in [3.8, 4) is 0 Å². The van der Waals surface area contributed by atoms with Crippen LogP contribution in [0.4, 0.5) is 0 Å². The molecule has 1 unspecified atom stereocenters. The van der Waals surface area contributed by atoms with Crippen LogP contribution in [0.2, 0.25) is 0 Å². The molecule has 1 atom stereocenters. The molecule has 0 aromatic rings. The number of ether oxygens (including phenoxy) is 2. The van der Waals surface area contributed by atoms with E-state index in [9.17, 15) is 9.59 Å². The van der Waals surface area contributed by atoms with Crippen molar-refractivity contribution in [3.05, 3.63) is 0 Å². The van der Waals surface area contributed by atoms with E-state index in [4.69, 9.17) is 9.47 Å². The summed E-state index contributed by atoms with van der Waals surface area (Å²) < 4.78 is 10.2. The molecule has 0 N–H and O–H groups in total. The van der Waals surface area contributed by atoms with Crippen LogP contribution in [-0.4, -0.2) is 49.2 Å². The van der Waals surface area contributed by atoms with Gasteiger partial charge in [0.25, 0.3) is 5.91 Å². The van der Waals surface area contributed by atoms with Gasteiger partial charge in [0.15, 0.2) is 0 Å². The van der Waals surface area contributed by atoms with E-state index in [1.54, 1.807) is 11.8 Å². The van der Waals surface area contributed by atoms with Gasteiger partial charge in [0.1, 0.15) is 6.10 Å². The van der Waals surface area contributed by atoms with Crippen LogP contribution in [0.5, 0.6) is 0 Å². The average Bonchev–Trinajstić information content (AvgIpc) is 2.83. The lowest BCUT2D eigenvalue weighted by atomic mass is 10.2. The Kier molecular flexibility index (Phi) is 5.97. The Morgan fingerprint density at radius 3 is 2.71 bits per heavy atom. The third kappa shape index (κ3) is 4.34. The first kappa shape index (κ1) is 14.0. The fourth-order valence-corrected chi connectivity index (χ4v) is 1.86. The highest BCUT2D eigenvalue weighted by molar-refractivity contribution is 5.81. The van der Waals surface area contributed by atoms with Crippen LogP contribution in [-0.2, 0) is 19.1 Å². The molecular formula is C12H21NO4. The molecule has 1 aliphatic rings. The topological polar surface area (TPSA) is 55.8 Å². The molecular weight excluding hydrogens is 222 g/mol. The first-order chi connectivity index (χ1) is 8.19. The van der Waals surface area contributed by atoms with E-state index in [-0.39, 0.29) is 24.4 Å². The number of nitrogens with zero attached hydrogens (tertiary/aromatic N) is 1. The second-order valence-electron chi connectivity index (χ2n) is 3.97. The molecule has 98 valence electrons. The van der Waals surface area contributed by atoms with Crippen molar-refractivity contribution in [2.75, 3.05) is 26.3 Å². The van der Waals surface area contributed by atoms with Gasteiger partial charge in [0, 0.05) is 19.7 Å². The Morgan fingerprint density at radius 1 is 1.41 bits per heavy atom. The summed E-state index contributed by atoms with van der Waals surface area (Å²) >= 11 is 0. The number of esters is 1. The Labute approximate surface area is 102 Å². The molecule has 1 amide bonds. The average molecular weight is 243 g/mol. The summed E-state index contributed by atoms with van der Waals surface area (Å²) in [6.45, 7) is 5.72. The minimum absolute atomic E-state index is 0.00528. The zero-order chi connectivity index (χ0) is 12.7. The summed E-state index contributed by atoms with van der Waals surface area (Å²) in [5, 5.41) is 0. The van der Waals surface area contributed by atoms with Gasteiger partial charge in [-0.2, -0.15) is 0 Å². The summed E-state index contributed by atoms with van der Waals surface area (Å²) in [6.07, 6.45) is 1.66. The highest BCUT2D eigenvalue weighted by Gasteiger charge is 2.27. The summed E-state index contributed by atoms with van der Waals surface area (Å²) in [5.74, 6) is -0.264. The lowest BCUT2D eigenvalue weighted by Gasteiger charge is -2.23. The van der Waals surface area contributed by atoms with Gasteiger partial charge in [-0.3, -0.25) is 9.59 Å². The van der Waals surface area contributed by atoms with Crippen molar-refractivity contribution in [1.82, 2.24) is 4.90 Å². The molecule has 1 rings (SSSR count). The largest absolute Gasteiger partial charge is 0.466 e. The molecule has 5 nitrogen and oxygen atoms in total. The maximum absolute atomic E-state index is 12.0. The molecule has 17 heavy (non-hydrogen) atoms. The predicted molar refractivity (Wildman–Crippen MR) is 62.5 cm³/mol. The van der Waals surface area contributed by atoms with Crippen LogP contribution in [0, 0.1) is 0 Å². The van der Waals surface area contributed by atoms with Gasteiger partial charge < -0.3 is 14.4 Å². The summed E-state index contributed by atoms with van der Waals surface area (Å²) in [4.78, 5) is 24.9. The molecule has 0 aromatic carbocycles. The normalized spacial score (nSPS) is 19.1. The van der Waals surface area contributed by atoms with E-state index < -0.39 is 0 Å². The molecule has 0 spiro atoms. The first-order valence-electron chi connectivity index (χ1n) is 6.25. The molecule has 0 bridgehead atoms. The van der Waals surface area contributed by atoms with Crippen LogP contribution in [0.25, 0.3) is 0 Å². The fraction of sp³-hybridized carbons (Fsp3) is 0.833. The van der Waals surface area contributed by atoms with Crippen molar-refractivity contribution >= 4 is 11.9 Å². The van der Waals surface area contributed by atoms with Crippen LogP contribution >= 0.6 is 0 Å². The molecule has 5 heteroatoms. The highest BCUT2D eigenvalue weighted by atomic mass is 16.5. The van der Waals surface area contributed by atoms with Crippen molar-refractivity contribution in [3.63, 3.8) is 0 Å². The smallest absolute Gasteiger partial charge is 0.307 e. The van der Waals surface area contributed by atoms with E-state index in [1.807, 2.05) is 6.92 Å². The number of carbonyl (C=O) groups excluding carboxylic acids is 2. The first-order valence-corrected chi connectivity index (χ1v) is 6.25. The predicted octanol–water partition coefficient (Wildman–Crippen LogP) is 0.967. The molecule has 0 radical (unpaired) electrons. The molecule has 1 heterocycles. The lowest BCUT2D eigenvalue weighted by molar-refractivity contribution is -0.145. The van der Waals surface area contributed by atoms with Crippen LogP contribution in [0.15, 0.2) is 0 Å². The number of likely N-dealkylation sites (N-methyl/N-ethyl adjacent to an activating group) is 1. The summed E-state index contributed by atoms with van der Waals surface area (Å²) in [5.41, 5.74) is 0. The molecule has 0 aromatic heterocycles. The lowest BCUT2D eigenvalue weighted by Crippen LogP contribution is -2.40. The monoisotopic (exact) mass is 243 g/mol. The van der Waals surface area contributed by atoms with Crippen molar-refractivity contribution in [1.29, 1.82) is 0 Å². The van der Waals surface area contributed by atoms with Gasteiger partial charge in [-0.05, 0) is 26.7 Å². The third-order valence-electron chi connectivity index (χ3n) is 2.79. The van der Waals surface area contributed by atoms with E-state index in [0.29, 0.717) is 26.3 Å².